The summed E-state index contributed by atoms with van der Waals surface area (Å²) in [4.78, 5) is 35.1. The van der Waals surface area contributed by atoms with Crippen LogP contribution in [0, 0.1) is 0 Å². The molecule has 0 unspecified atom stereocenters. The smallest absolute Gasteiger partial charge is 0.342 e. The van der Waals surface area contributed by atoms with Gasteiger partial charge in [-0.2, -0.15) is 0 Å². The number of hydrogen-bond acceptors (Lipinski definition) is 6. The van der Waals surface area contributed by atoms with Crippen molar-refractivity contribution in [3.8, 4) is 5.75 Å². The molecule has 2 rings (SSSR count). The predicted molar refractivity (Wildman–Crippen MR) is 82.2 cm³/mol. The van der Waals surface area contributed by atoms with Gasteiger partial charge in [-0.1, -0.05) is 12.1 Å². The normalized spacial score (nSPS) is 9.88. The molecule has 1 aromatic heterocycles. The molecule has 1 heterocycles. The molecule has 2 N–H and O–H groups in total. The van der Waals surface area contributed by atoms with Gasteiger partial charge in [0.05, 0.1) is 12.9 Å². The Labute approximate surface area is 137 Å². The van der Waals surface area contributed by atoms with Crippen LogP contribution in [0.4, 0.5) is 0 Å². The number of carbonyl (C=O) groups is 3. The third kappa shape index (κ3) is 4.60. The van der Waals surface area contributed by atoms with Crippen molar-refractivity contribution in [2.75, 3.05) is 13.2 Å². The van der Waals surface area contributed by atoms with Crippen LogP contribution in [0.15, 0.2) is 47.1 Å². The minimum absolute atomic E-state index is 0.0398. The van der Waals surface area contributed by atoms with Crippen molar-refractivity contribution < 1.29 is 28.3 Å². The molecule has 24 heavy (non-hydrogen) atoms. The second-order valence-electron chi connectivity index (χ2n) is 4.48. The van der Waals surface area contributed by atoms with Gasteiger partial charge in [-0.15, -0.1) is 0 Å². The molecular weight excluding hydrogens is 316 g/mol. The van der Waals surface area contributed by atoms with Crippen LogP contribution in [0.5, 0.6) is 5.75 Å². The van der Waals surface area contributed by atoms with E-state index in [9.17, 15) is 14.4 Å². The maximum Gasteiger partial charge on any atom is 0.342 e. The summed E-state index contributed by atoms with van der Waals surface area (Å²) in [6.45, 7) is 1.62. The molecule has 0 aliphatic rings. The highest BCUT2D eigenvalue weighted by molar-refractivity contribution is 5.95. The minimum Gasteiger partial charge on any atom is -0.493 e. The Morgan fingerprint density at radius 1 is 1.08 bits per heavy atom. The summed E-state index contributed by atoms with van der Waals surface area (Å²) in [5.74, 6) is -1.61. The Morgan fingerprint density at radius 3 is 2.58 bits per heavy atom. The SMILES string of the molecule is CCOc1ccccc1C(=O)OCC(=O)NNC(=O)c1ccco1. The molecule has 0 saturated carbocycles. The molecule has 0 aliphatic carbocycles. The van der Waals surface area contributed by atoms with Gasteiger partial charge in [0.15, 0.2) is 12.4 Å². The van der Waals surface area contributed by atoms with Crippen LogP contribution >= 0.6 is 0 Å². The average Bonchev–Trinajstić information content (AvgIpc) is 3.13. The van der Waals surface area contributed by atoms with E-state index in [1.54, 1.807) is 25.1 Å². The van der Waals surface area contributed by atoms with E-state index in [4.69, 9.17) is 13.9 Å². The summed E-state index contributed by atoms with van der Waals surface area (Å²) in [6, 6.07) is 9.51. The number of hydrogen-bond donors (Lipinski definition) is 2. The molecule has 0 fully saturated rings. The molecule has 0 aliphatic heterocycles. The number of nitrogens with one attached hydrogen (secondary N) is 2. The molecule has 0 saturated heterocycles. The monoisotopic (exact) mass is 332 g/mol. The number of hydrazine groups is 1. The largest absolute Gasteiger partial charge is 0.493 e. The predicted octanol–water partition coefficient (Wildman–Crippen LogP) is 1.30. The zero-order valence-corrected chi connectivity index (χ0v) is 12.9. The Bertz CT molecular complexity index is 711. The van der Waals surface area contributed by atoms with E-state index in [1.807, 2.05) is 0 Å². The average molecular weight is 332 g/mol. The molecule has 8 nitrogen and oxygen atoms in total. The van der Waals surface area contributed by atoms with Crippen LogP contribution in [0.25, 0.3) is 0 Å². The summed E-state index contributed by atoms with van der Waals surface area (Å²) < 4.78 is 15.1. The Balaban J connectivity index is 1.81. The van der Waals surface area contributed by atoms with Gasteiger partial charge >= 0.3 is 11.9 Å². The van der Waals surface area contributed by atoms with Crippen molar-refractivity contribution in [2.45, 2.75) is 6.92 Å². The number of ether oxygens (including phenoxy) is 2. The molecule has 2 amide bonds. The standard InChI is InChI=1S/C16H16N2O6/c1-2-22-12-7-4-3-6-11(12)16(21)24-10-14(19)17-18-15(20)13-8-5-9-23-13/h3-9H,2,10H2,1H3,(H,17,19)(H,18,20). The molecule has 0 bridgehead atoms. The second-order valence-corrected chi connectivity index (χ2v) is 4.48. The fourth-order valence-corrected chi connectivity index (χ4v) is 1.76. The second kappa shape index (κ2) is 8.37. The summed E-state index contributed by atoms with van der Waals surface area (Å²) >= 11 is 0. The number of rotatable bonds is 6. The first-order valence-corrected chi connectivity index (χ1v) is 7.13. The van der Waals surface area contributed by atoms with Crippen LogP contribution in [-0.2, 0) is 9.53 Å². The number of para-hydroxylation sites is 1. The van der Waals surface area contributed by atoms with Gasteiger partial charge < -0.3 is 13.9 Å². The van der Waals surface area contributed by atoms with Crippen molar-refractivity contribution in [3.05, 3.63) is 54.0 Å². The molecular formula is C16H16N2O6. The molecule has 8 heteroatoms. The minimum atomic E-state index is -0.702. The zero-order chi connectivity index (χ0) is 17.4. The number of benzene rings is 1. The van der Waals surface area contributed by atoms with Crippen molar-refractivity contribution in [2.24, 2.45) is 0 Å². The van der Waals surface area contributed by atoms with E-state index >= 15 is 0 Å². The summed E-state index contributed by atoms with van der Waals surface area (Å²) in [5, 5.41) is 0. The molecule has 126 valence electrons. The van der Waals surface area contributed by atoms with Gasteiger partial charge in [0.25, 0.3) is 5.91 Å². The van der Waals surface area contributed by atoms with Crippen molar-refractivity contribution in [1.29, 1.82) is 0 Å². The Morgan fingerprint density at radius 2 is 1.88 bits per heavy atom. The maximum absolute atomic E-state index is 12.0. The summed E-state index contributed by atoms with van der Waals surface area (Å²) in [6.07, 6.45) is 1.33. The van der Waals surface area contributed by atoms with E-state index in [1.165, 1.54) is 24.5 Å². The van der Waals surface area contributed by atoms with Crippen LogP contribution in [0.2, 0.25) is 0 Å². The van der Waals surface area contributed by atoms with Crippen molar-refractivity contribution >= 4 is 17.8 Å². The van der Waals surface area contributed by atoms with E-state index < -0.39 is 24.4 Å². The lowest BCUT2D eigenvalue weighted by molar-refractivity contribution is -0.125. The van der Waals surface area contributed by atoms with E-state index in [2.05, 4.69) is 10.9 Å². The number of esters is 1. The first kappa shape index (κ1) is 17.1. The topological polar surface area (TPSA) is 107 Å². The lowest BCUT2D eigenvalue weighted by atomic mass is 10.2. The fourth-order valence-electron chi connectivity index (χ4n) is 1.76. The van der Waals surface area contributed by atoms with Crippen molar-refractivity contribution in [3.63, 3.8) is 0 Å². The highest BCUT2D eigenvalue weighted by Crippen LogP contribution is 2.18. The quantitative estimate of drug-likeness (QED) is 0.610. The lowest BCUT2D eigenvalue weighted by Gasteiger charge is -2.10. The molecule has 0 radical (unpaired) electrons. The van der Waals surface area contributed by atoms with Crippen LogP contribution in [0.3, 0.4) is 0 Å². The fraction of sp³-hybridized carbons (Fsp3) is 0.188. The molecule has 2 aromatic rings. The third-order valence-electron chi connectivity index (χ3n) is 2.80. The first-order chi connectivity index (χ1) is 11.6. The van der Waals surface area contributed by atoms with Gasteiger partial charge in [0.2, 0.25) is 0 Å². The summed E-state index contributed by atoms with van der Waals surface area (Å²) in [5.41, 5.74) is 4.46. The van der Waals surface area contributed by atoms with Crippen LogP contribution in [0.1, 0.15) is 27.8 Å². The highest BCUT2D eigenvalue weighted by atomic mass is 16.5. The molecule has 0 atom stereocenters. The number of carbonyl (C=O) groups excluding carboxylic acids is 3. The van der Waals surface area contributed by atoms with Gasteiger partial charge in [-0.05, 0) is 31.2 Å². The lowest BCUT2D eigenvalue weighted by Crippen LogP contribution is -2.43. The van der Waals surface area contributed by atoms with E-state index in [0.717, 1.165) is 0 Å². The number of furan rings is 1. The van der Waals surface area contributed by atoms with Gasteiger partial charge in [0, 0.05) is 0 Å². The van der Waals surface area contributed by atoms with Crippen molar-refractivity contribution in [1.82, 2.24) is 10.9 Å². The molecule has 0 spiro atoms. The summed E-state index contributed by atoms with van der Waals surface area (Å²) in [7, 11) is 0. The van der Waals surface area contributed by atoms with E-state index in [0.29, 0.717) is 12.4 Å². The van der Waals surface area contributed by atoms with E-state index in [-0.39, 0.29) is 11.3 Å². The van der Waals surface area contributed by atoms with Gasteiger partial charge in [0.1, 0.15) is 11.3 Å². The first-order valence-electron chi connectivity index (χ1n) is 7.13. The molecule has 1 aromatic carbocycles. The van der Waals surface area contributed by atoms with Gasteiger partial charge in [-0.25, -0.2) is 4.79 Å². The Hall–Kier alpha value is -3.29. The van der Waals surface area contributed by atoms with Crippen LogP contribution < -0.4 is 15.6 Å². The number of amides is 2. The zero-order valence-electron chi connectivity index (χ0n) is 12.9. The maximum atomic E-state index is 12.0. The van der Waals surface area contributed by atoms with Crippen LogP contribution in [-0.4, -0.2) is 31.0 Å². The van der Waals surface area contributed by atoms with Gasteiger partial charge in [-0.3, -0.25) is 20.4 Å². The Kier molecular flexibility index (Phi) is 5.95. The highest BCUT2D eigenvalue weighted by Gasteiger charge is 2.15. The third-order valence-corrected chi connectivity index (χ3v) is 2.80.